The highest BCUT2D eigenvalue weighted by Crippen LogP contribution is 2.33. The van der Waals surface area contributed by atoms with Gasteiger partial charge in [-0.2, -0.15) is 0 Å². The zero-order valence-electron chi connectivity index (χ0n) is 13.8. The van der Waals surface area contributed by atoms with Crippen molar-refractivity contribution in [2.75, 3.05) is 6.61 Å². The fourth-order valence-electron chi connectivity index (χ4n) is 2.76. The molecule has 1 aliphatic rings. The lowest BCUT2D eigenvalue weighted by molar-refractivity contribution is -0.137. The summed E-state index contributed by atoms with van der Waals surface area (Å²) in [5.74, 6) is 0.640. The zero-order valence-corrected chi connectivity index (χ0v) is 14.6. The third-order valence-electron chi connectivity index (χ3n) is 4.05. The van der Waals surface area contributed by atoms with Crippen LogP contribution in [0.4, 0.5) is 0 Å². The molecule has 0 N–H and O–H groups in total. The van der Waals surface area contributed by atoms with E-state index in [1.54, 1.807) is 0 Å². The third-order valence-corrected chi connectivity index (χ3v) is 5.17. The largest absolute Gasteiger partial charge is 0.464 e. The van der Waals surface area contributed by atoms with E-state index in [0.717, 1.165) is 22.2 Å². The smallest absolute Gasteiger partial charge is 0.307 e. The number of carbonyl (C=O) groups is 1. The molecule has 1 aliphatic heterocycles. The number of aromatic nitrogens is 3. The molecule has 3 aromatic rings. The molecule has 6 heteroatoms. The average molecular weight is 351 g/mol. The highest BCUT2D eigenvalue weighted by atomic mass is 32.2. The Bertz CT molecular complexity index is 891. The van der Waals surface area contributed by atoms with Gasteiger partial charge in [-0.1, -0.05) is 59.8 Å². The van der Waals surface area contributed by atoms with E-state index in [-0.39, 0.29) is 11.2 Å². The lowest BCUT2D eigenvalue weighted by Gasteiger charge is -2.11. The molecule has 0 unspecified atom stereocenters. The lowest BCUT2D eigenvalue weighted by Crippen LogP contribution is -2.05. The van der Waals surface area contributed by atoms with Gasteiger partial charge in [-0.25, -0.2) is 0 Å². The molecular formula is C19H17N3O2S. The van der Waals surface area contributed by atoms with Crippen molar-refractivity contribution in [1.29, 1.82) is 0 Å². The van der Waals surface area contributed by atoms with Crippen LogP contribution in [0.3, 0.4) is 0 Å². The van der Waals surface area contributed by atoms with Crippen molar-refractivity contribution in [3.63, 3.8) is 0 Å². The van der Waals surface area contributed by atoms with E-state index >= 15 is 0 Å². The molecule has 0 aliphatic carbocycles. The maximum atomic E-state index is 11.4. The first kappa shape index (κ1) is 15.9. The van der Waals surface area contributed by atoms with E-state index in [2.05, 4.69) is 41.4 Å². The van der Waals surface area contributed by atoms with Crippen LogP contribution >= 0.6 is 11.8 Å². The lowest BCUT2D eigenvalue weighted by atomic mass is 10.1. The van der Waals surface area contributed by atoms with Gasteiger partial charge in [0, 0.05) is 11.3 Å². The monoisotopic (exact) mass is 351 g/mol. The van der Waals surface area contributed by atoms with E-state index in [1.807, 2.05) is 34.9 Å². The first-order chi connectivity index (χ1) is 12.2. The number of hydrogen-bond donors (Lipinski definition) is 0. The SMILES string of the molecule is Cc1ccc(-c2nnc(S[C@H]3COC(=O)C3)n2-c2ccccc2)cc1. The number of benzene rings is 2. The molecule has 0 saturated carbocycles. The minimum Gasteiger partial charge on any atom is -0.464 e. The molecule has 2 heterocycles. The van der Waals surface area contributed by atoms with Crippen LogP contribution in [0.1, 0.15) is 12.0 Å². The summed E-state index contributed by atoms with van der Waals surface area (Å²) >= 11 is 1.54. The highest BCUT2D eigenvalue weighted by molar-refractivity contribution is 7.99. The molecular weight excluding hydrogens is 334 g/mol. The van der Waals surface area contributed by atoms with Gasteiger partial charge in [-0.3, -0.25) is 9.36 Å². The van der Waals surface area contributed by atoms with Gasteiger partial charge in [-0.15, -0.1) is 10.2 Å². The minimum atomic E-state index is -0.151. The zero-order chi connectivity index (χ0) is 17.2. The summed E-state index contributed by atoms with van der Waals surface area (Å²) in [6.45, 7) is 2.48. The van der Waals surface area contributed by atoms with Gasteiger partial charge in [0.05, 0.1) is 11.7 Å². The molecule has 2 aromatic carbocycles. The molecule has 5 nitrogen and oxygen atoms in total. The van der Waals surface area contributed by atoms with Crippen molar-refractivity contribution < 1.29 is 9.53 Å². The molecule has 0 spiro atoms. The highest BCUT2D eigenvalue weighted by Gasteiger charge is 2.27. The quantitative estimate of drug-likeness (QED) is 0.672. The normalized spacial score (nSPS) is 16.8. The summed E-state index contributed by atoms with van der Waals surface area (Å²) in [7, 11) is 0. The second kappa shape index (κ2) is 6.72. The molecule has 126 valence electrons. The molecule has 0 bridgehead atoms. The Morgan fingerprint density at radius 3 is 2.52 bits per heavy atom. The predicted octanol–water partition coefficient (Wildman–Crippen LogP) is 3.65. The number of carbonyl (C=O) groups excluding carboxylic acids is 1. The fraction of sp³-hybridized carbons (Fsp3) is 0.211. The fourth-order valence-corrected chi connectivity index (χ4v) is 3.80. The number of cyclic esters (lactones) is 1. The maximum absolute atomic E-state index is 11.4. The van der Waals surface area contributed by atoms with Gasteiger partial charge < -0.3 is 4.74 Å². The number of para-hydroxylation sites is 1. The van der Waals surface area contributed by atoms with Crippen molar-refractivity contribution in [3.8, 4) is 17.1 Å². The third kappa shape index (κ3) is 3.30. The molecule has 0 radical (unpaired) electrons. The molecule has 1 fully saturated rings. The van der Waals surface area contributed by atoms with Crippen molar-refractivity contribution in [1.82, 2.24) is 14.8 Å². The summed E-state index contributed by atoms with van der Waals surface area (Å²) in [6, 6.07) is 18.3. The van der Waals surface area contributed by atoms with Gasteiger partial charge in [0.2, 0.25) is 0 Å². The van der Waals surface area contributed by atoms with Crippen molar-refractivity contribution in [2.45, 2.75) is 23.8 Å². The first-order valence-electron chi connectivity index (χ1n) is 8.11. The predicted molar refractivity (Wildman–Crippen MR) is 96.8 cm³/mol. The van der Waals surface area contributed by atoms with Crippen LogP contribution in [-0.4, -0.2) is 32.6 Å². The molecule has 1 saturated heterocycles. The molecule has 0 amide bonds. The number of thioether (sulfide) groups is 1. The van der Waals surface area contributed by atoms with E-state index in [0.29, 0.717) is 13.0 Å². The van der Waals surface area contributed by atoms with Gasteiger partial charge in [0.1, 0.15) is 6.61 Å². The van der Waals surface area contributed by atoms with Crippen LogP contribution in [-0.2, 0) is 9.53 Å². The van der Waals surface area contributed by atoms with Crippen molar-refractivity contribution in [2.24, 2.45) is 0 Å². The number of hydrogen-bond acceptors (Lipinski definition) is 5. The Balaban J connectivity index is 1.76. The van der Waals surface area contributed by atoms with Crippen molar-refractivity contribution in [3.05, 3.63) is 60.2 Å². The number of rotatable bonds is 4. The molecule has 25 heavy (non-hydrogen) atoms. The minimum absolute atomic E-state index is 0.0741. The van der Waals surface area contributed by atoms with Crippen LogP contribution in [0, 0.1) is 6.92 Å². The second-order valence-corrected chi connectivity index (χ2v) is 7.24. The van der Waals surface area contributed by atoms with Crippen LogP contribution in [0.5, 0.6) is 0 Å². The van der Waals surface area contributed by atoms with Crippen LogP contribution in [0.2, 0.25) is 0 Å². The number of nitrogens with zero attached hydrogens (tertiary/aromatic N) is 3. The molecule has 4 rings (SSSR count). The Morgan fingerprint density at radius 2 is 1.84 bits per heavy atom. The summed E-state index contributed by atoms with van der Waals surface area (Å²) in [5, 5.41) is 9.65. The maximum Gasteiger partial charge on any atom is 0.307 e. The van der Waals surface area contributed by atoms with E-state index < -0.39 is 0 Å². The van der Waals surface area contributed by atoms with E-state index in [9.17, 15) is 4.79 Å². The number of aryl methyl sites for hydroxylation is 1. The van der Waals surface area contributed by atoms with Crippen LogP contribution in [0.25, 0.3) is 17.1 Å². The van der Waals surface area contributed by atoms with Gasteiger partial charge >= 0.3 is 5.97 Å². The topological polar surface area (TPSA) is 57.0 Å². The summed E-state index contributed by atoms with van der Waals surface area (Å²) in [4.78, 5) is 11.4. The standard InChI is InChI=1S/C19H17N3O2S/c1-13-7-9-14(10-8-13)18-20-21-19(25-16-11-17(23)24-12-16)22(18)15-5-3-2-4-6-15/h2-10,16H,11-12H2,1H3/t16-/m1/s1. The van der Waals surface area contributed by atoms with Gasteiger partial charge in [0.25, 0.3) is 0 Å². The van der Waals surface area contributed by atoms with Gasteiger partial charge in [-0.05, 0) is 19.1 Å². The first-order valence-corrected chi connectivity index (χ1v) is 8.99. The Hall–Kier alpha value is -2.60. The molecule has 1 atom stereocenters. The summed E-state index contributed by atoms with van der Waals surface area (Å²) < 4.78 is 7.11. The number of esters is 1. The summed E-state index contributed by atoms with van der Waals surface area (Å²) in [6.07, 6.45) is 0.409. The Kier molecular flexibility index (Phi) is 4.28. The summed E-state index contributed by atoms with van der Waals surface area (Å²) in [5.41, 5.74) is 3.20. The van der Waals surface area contributed by atoms with E-state index in [4.69, 9.17) is 4.74 Å². The number of ether oxygens (including phenoxy) is 1. The Labute approximate surface area is 150 Å². The van der Waals surface area contributed by atoms with Crippen LogP contribution < -0.4 is 0 Å². The second-order valence-electron chi connectivity index (χ2n) is 5.97. The average Bonchev–Trinajstić information content (AvgIpc) is 3.23. The van der Waals surface area contributed by atoms with E-state index in [1.165, 1.54) is 17.3 Å². The van der Waals surface area contributed by atoms with Gasteiger partial charge in [0.15, 0.2) is 11.0 Å². The Morgan fingerprint density at radius 1 is 1.08 bits per heavy atom. The van der Waals surface area contributed by atoms with Crippen LogP contribution in [0.15, 0.2) is 59.8 Å². The molecule has 1 aromatic heterocycles. The van der Waals surface area contributed by atoms with Crippen molar-refractivity contribution >= 4 is 17.7 Å².